The summed E-state index contributed by atoms with van der Waals surface area (Å²) in [4.78, 5) is 31.6. The number of ketones is 2. The normalized spacial score (nSPS) is 41.8. The van der Waals surface area contributed by atoms with Gasteiger partial charge in [0.25, 0.3) is 0 Å². The molecule has 6 aliphatic carbocycles. The lowest BCUT2D eigenvalue weighted by Crippen LogP contribution is -2.64. The van der Waals surface area contributed by atoms with Gasteiger partial charge in [-0.25, -0.2) is 4.85 Å². The van der Waals surface area contributed by atoms with Gasteiger partial charge in [0.1, 0.15) is 0 Å². The number of Topliss-reactive ketones (excluding diaryl/α,β-unsaturated/α-hetero) is 1. The van der Waals surface area contributed by atoms with Crippen molar-refractivity contribution in [2.75, 3.05) is 0 Å². The molecule has 1 aromatic rings. The van der Waals surface area contributed by atoms with Crippen molar-refractivity contribution in [3.05, 3.63) is 58.5 Å². The number of rotatable bonds is 2. The van der Waals surface area contributed by atoms with Crippen molar-refractivity contribution in [1.82, 2.24) is 10.2 Å². The molecule has 0 amide bonds. The van der Waals surface area contributed by atoms with Crippen LogP contribution in [0.5, 0.6) is 0 Å². The third-order valence-electron chi connectivity index (χ3n) is 13.0. The van der Waals surface area contributed by atoms with Gasteiger partial charge in [0, 0.05) is 22.7 Å². The Hall–Kier alpha value is -2.55. The molecule has 4 saturated carbocycles. The highest BCUT2D eigenvalue weighted by Crippen LogP contribution is 2.75. The fourth-order valence-corrected chi connectivity index (χ4v) is 10.2. The second-order valence-corrected chi connectivity index (χ2v) is 16.1. The molecule has 41 heavy (non-hydrogen) atoms. The third-order valence-corrected chi connectivity index (χ3v) is 13.0. The Morgan fingerprint density at radius 1 is 0.902 bits per heavy atom. The summed E-state index contributed by atoms with van der Waals surface area (Å²) in [5.74, 6) is 4.20. The zero-order valence-corrected chi connectivity index (χ0v) is 25.7. The molecule has 4 fully saturated rings. The summed E-state index contributed by atoms with van der Waals surface area (Å²) in [6.45, 7) is 23.3. The van der Waals surface area contributed by atoms with E-state index in [0.29, 0.717) is 5.92 Å². The Balaban J connectivity index is 1.38. The van der Waals surface area contributed by atoms with Crippen LogP contribution in [0.4, 0.5) is 0 Å². The molecular formula is C35H43N3O3. The predicted molar refractivity (Wildman–Crippen MR) is 155 cm³/mol. The molecular weight excluding hydrogens is 510 g/mol. The van der Waals surface area contributed by atoms with Gasteiger partial charge >= 0.3 is 0 Å². The number of allylic oxidation sites excluding steroid dienone is 4. The summed E-state index contributed by atoms with van der Waals surface area (Å²) in [5, 5.41) is 9.16. The molecule has 0 unspecified atom stereocenters. The molecule has 216 valence electrons. The lowest BCUT2D eigenvalue weighted by molar-refractivity contribution is -0.133. The maximum absolute atomic E-state index is 14.6. The van der Waals surface area contributed by atoms with Crippen LogP contribution in [0.2, 0.25) is 0 Å². The lowest BCUT2D eigenvalue weighted by atomic mass is 9.34. The number of carbonyl (C=O) groups excluding carboxylic acids is 2. The minimum absolute atomic E-state index is 0.0495. The maximum atomic E-state index is 14.6. The van der Waals surface area contributed by atoms with Crippen molar-refractivity contribution in [3.8, 4) is 0 Å². The molecule has 1 aromatic heterocycles. The Kier molecular flexibility index (Phi) is 5.38. The SMILES string of the molecule is [C-]#[N+]C1=C[C@]2(C)C3=CC(=O)[C]4[C]5CC(C)(C)CC[C@]5(c5nnc(C6CC6)o5)CC[C@@]4(C)[C@]3(C)CC[C@H]2C(C)(C)C1=O. The van der Waals surface area contributed by atoms with Gasteiger partial charge in [0.15, 0.2) is 11.6 Å². The number of hydrogen-bond donors (Lipinski definition) is 0. The Labute approximate surface area is 244 Å². The van der Waals surface area contributed by atoms with E-state index >= 15 is 0 Å². The van der Waals surface area contributed by atoms with Gasteiger partial charge in [-0.1, -0.05) is 60.1 Å². The van der Waals surface area contributed by atoms with E-state index in [2.05, 4.69) is 49.7 Å². The number of nitrogens with zero attached hydrogens (tertiary/aromatic N) is 3. The Bertz CT molecular complexity index is 1470. The molecule has 1 heterocycles. The van der Waals surface area contributed by atoms with E-state index in [0.717, 1.165) is 81.1 Å². The van der Waals surface area contributed by atoms with Gasteiger partial charge < -0.3 is 9.21 Å². The molecule has 0 aliphatic heterocycles. The molecule has 0 aromatic carbocycles. The highest BCUT2D eigenvalue weighted by atomic mass is 16.4. The smallest absolute Gasteiger partial charge is 0.226 e. The second kappa shape index (κ2) is 8.08. The minimum Gasteiger partial charge on any atom is -0.424 e. The lowest BCUT2D eigenvalue weighted by Gasteiger charge is -2.68. The fraction of sp³-hybridized carbons (Fsp3) is 0.686. The maximum Gasteiger partial charge on any atom is 0.226 e. The number of fused-ring (bicyclic) bond motifs is 7. The molecule has 0 N–H and O–H groups in total. The quantitative estimate of drug-likeness (QED) is 0.351. The van der Waals surface area contributed by atoms with Crippen LogP contribution in [0, 0.1) is 51.4 Å². The van der Waals surface area contributed by atoms with E-state index in [9.17, 15) is 9.59 Å². The molecule has 0 saturated heterocycles. The molecule has 2 radical (unpaired) electrons. The largest absolute Gasteiger partial charge is 0.424 e. The van der Waals surface area contributed by atoms with Gasteiger partial charge in [-0.3, -0.25) is 4.79 Å². The van der Waals surface area contributed by atoms with Gasteiger partial charge in [-0.05, 0) is 86.0 Å². The van der Waals surface area contributed by atoms with Crippen LogP contribution in [-0.4, -0.2) is 21.8 Å². The molecule has 7 rings (SSSR count). The summed E-state index contributed by atoms with van der Waals surface area (Å²) in [5.41, 5.74) is -0.747. The molecule has 6 aliphatic rings. The minimum atomic E-state index is -0.652. The van der Waals surface area contributed by atoms with E-state index in [1.807, 2.05) is 26.0 Å². The van der Waals surface area contributed by atoms with Gasteiger partial charge in [0.05, 0.1) is 17.9 Å². The van der Waals surface area contributed by atoms with Gasteiger partial charge in [0.2, 0.25) is 17.5 Å². The monoisotopic (exact) mass is 553 g/mol. The second-order valence-electron chi connectivity index (χ2n) is 16.1. The van der Waals surface area contributed by atoms with Crippen LogP contribution in [0.1, 0.15) is 124 Å². The number of hydrogen-bond acceptors (Lipinski definition) is 5. The van der Waals surface area contributed by atoms with Crippen molar-refractivity contribution < 1.29 is 14.0 Å². The molecule has 0 bridgehead atoms. The van der Waals surface area contributed by atoms with Crippen molar-refractivity contribution in [3.63, 3.8) is 0 Å². The zero-order chi connectivity index (χ0) is 29.4. The first-order chi connectivity index (χ1) is 19.1. The van der Waals surface area contributed by atoms with Crippen LogP contribution in [0.25, 0.3) is 4.85 Å². The summed E-state index contributed by atoms with van der Waals surface area (Å²) in [6.07, 6.45) is 12.5. The van der Waals surface area contributed by atoms with Crippen LogP contribution >= 0.6 is 0 Å². The fourth-order valence-electron chi connectivity index (χ4n) is 10.2. The van der Waals surface area contributed by atoms with Gasteiger partial charge in [-0.2, -0.15) is 0 Å². The first kappa shape index (κ1) is 27.3. The molecule has 5 atom stereocenters. The standard InChI is InChI=1S/C35H43N3O3/c1-30(2)13-15-35(29-38-37-28(41-29)20-9-10-20)16-14-34(7)26(21(35)18-30)23(39)17-25-32(5)19-22(36-8)27(40)31(3,4)24(32)11-12-33(25,34)6/h17,19-20,24H,9-16,18H2,1-7H3/t24-,32-,33+,34+,35-/m0/s1. The molecule has 0 spiro atoms. The summed E-state index contributed by atoms with van der Waals surface area (Å²) >= 11 is 0. The van der Waals surface area contributed by atoms with Crippen LogP contribution in [0.15, 0.2) is 27.8 Å². The van der Waals surface area contributed by atoms with E-state index in [4.69, 9.17) is 11.0 Å². The van der Waals surface area contributed by atoms with Crippen molar-refractivity contribution >= 4 is 11.6 Å². The highest BCUT2D eigenvalue weighted by molar-refractivity contribution is 6.08. The summed E-state index contributed by atoms with van der Waals surface area (Å²) in [7, 11) is 0. The zero-order valence-electron chi connectivity index (χ0n) is 25.7. The average molecular weight is 554 g/mol. The summed E-state index contributed by atoms with van der Waals surface area (Å²) in [6, 6.07) is 0. The van der Waals surface area contributed by atoms with Crippen molar-refractivity contribution in [1.29, 1.82) is 0 Å². The Morgan fingerprint density at radius 2 is 1.61 bits per heavy atom. The van der Waals surface area contributed by atoms with Gasteiger partial charge in [-0.15, -0.1) is 10.2 Å². The first-order valence-corrected chi connectivity index (χ1v) is 15.6. The highest BCUT2D eigenvalue weighted by Gasteiger charge is 2.71. The first-order valence-electron chi connectivity index (χ1n) is 15.6. The summed E-state index contributed by atoms with van der Waals surface area (Å²) < 4.78 is 6.45. The molecule has 6 heteroatoms. The van der Waals surface area contributed by atoms with Crippen molar-refractivity contribution in [2.45, 2.75) is 118 Å². The van der Waals surface area contributed by atoms with Crippen LogP contribution in [-0.2, 0) is 15.0 Å². The Morgan fingerprint density at radius 3 is 2.29 bits per heavy atom. The number of aromatic nitrogens is 2. The topological polar surface area (TPSA) is 77.4 Å². The average Bonchev–Trinajstić information content (AvgIpc) is 3.63. The van der Waals surface area contributed by atoms with Crippen LogP contribution < -0.4 is 0 Å². The van der Waals surface area contributed by atoms with E-state index in [1.165, 1.54) is 5.92 Å². The van der Waals surface area contributed by atoms with E-state index in [1.54, 1.807) is 0 Å². The van der Waals surface area contributed by atoms with E-state index in [-0.39, 0.29) is 44.8 Å². The van der Waals surface area contributed by atoms with Crippen molar-refractivity contribution in [2.24, 2.45) is 33.0 Å². The molecule has 6 nitrogen and oxygen atoms in total. The van der Waals surface area contributed by atoms with E-state index < -0.39 is 10.8 Å². The van der Waals surface area contributed by atoms with Crippen LogP contribution in [0.3, 0.4) is 0 Å². The number of carbonyl (C=O) groups is 2. The predicted octanol–water partition coefficient (Wildman–Crippen LogP) is 7.69. The third kappa shape index (κ3) is 3.35.